The summed E-state index contributed by atoms with van der Waals surface area (Å²) in [6.07, 6.45) is 3.97. The van der Waals surface area contributed by atoms with Crippen LogP contribution in [0.3, 0.4) is 0 Å². The van der Waals surface area contributed by atoms with E-state index in [1.165, 1.54) is 18.0 Å². The van der Waals surface area contributed by atoms with Crippen molar-refractivity contribution in [3.63, 3.8) is 0 Å². The summed E-state index contributed by atoms with van der Waals surface area (Å²) >= 11 is 9.66. The normalized spacial score (nSPS) is 12.3. The minimum absolute atomic E-state index is 0.0308. The highest BCUT2D eigenvalue weighted by molar-refractivity contribution is 9.10. The minimum atomic E-state index is -0.250. The molecular weight excluding hydrogens is 482 g/mol. The second-order valence-electron chi connectivity index (χ2n) is 6.93. The lowest BCUT2D eigenvalue weighted by atomic mass is 10.1. The maximum absolute atomic E-state index is 13.3. The number of nitrogens with zero attached hydrogens (tertiary/aromatic N) is 3. The van der Waals surface area contributed by atoms with E-state index in [2.05, 4.69) is 27.6 Å². The molecule has 162 valence electrons. The Balaban J connectivity index is 2.21. The van der Waals surface area contributed by atoms with Gasteiger partial charge in [0.25, 0.3) is 5.56 Å². The predicted molar refractivity (Wildman–Crippen MR) is 129 cm³/mol. The van der Waals surface area contributed by atoms with Crippen molar-refractivity contribution in [1.29, 1.82) is 0 Å². The van der Waals surface area contributed by atoms with E-state index >= 15 is 0 Å². The number of halogens is 2. The molecule has 0 aliphatic carbocycles. The molecule has 0 radical (unpaired) electrons. The Morgan fingerprint density at radius 2 is 2.13 bits per heavy atom. The Hall–Kier alpha value is -2.64. The zero-order valence-corrected chi connectivity index (χ0v) is 19.9. The van der Waals surface area contributed by atoms with E-state index in [0.717, 1.165) is 10.9 Å². The maximum Gasteiger partial charge on any atom is 0.282 e. The number of ether oxygens (including phenoxy) is 2. The molecule has 31 heavy (non-hydrogen) atoms. The molecule has 0 saturated heterocycles. The molecule has 3 rings (SSSR count). The van der Waals surface area contributed by atoms with Crippen LogP contribution < -0.4 is 15.0 Å². The van der Waals surface area contributed by atoms with Crippen molar-refractivity contribution in [3.05, 3.63) is 74.2 Å². The van der Waals surface area contributed by atoms with Crippen LogP contribution in [0.1, 0.15) is 37.6 Å². The molecular formula is C23H23BrClN3O3. The Morgan fingerprint density at radius 3 is 2.81 bits per heavy atom. The Bertz CT molecular complexity index is 1210. The third kappa shape index (κ3) is 4.99. The lowest BCUT2D eigenvalue weighted by molar-refractivity contribution is 0.326. The molecule has 1 heterocycles. The summed E-state index contributed by atoms with van der Waals surface area (Å²) in [6.45, 7) is 8.01. The van der Waals surface area contributed by atoms with Gasteiger partial charge >= 0.3 is 0 Å². The van der Waals surface area contributed by atoms with Gasteiger partial charge in [0.05, 0.1) is 24.2 Å². The van der Waals surface area contributed by atoms with E-state index in [0.29, 0.717) is 38.8 Å². The van der Waals surface area contributed by atoms with Crippen LogP contribution in [0.15, 0.2) is 57.4 Å². The van der Waals surface area contributed by atoms with Gasteiger partial charge in [-0.2, -0.15) is 9.78 Å². The lowest BCUT2D eigenvalue weighted by Gasteiger charge is -2.15. The van der Waals surface area contributed by atoms with Crippen LogP contribution in [0.25, 0.3) is 10.9 Å². The number of benzene rings is 2. The quantitative estimate of drug-likeness (QED) is 0.288. The first kappa shape index (κ1) is 23.0. The third-order valence-electron chi connectivity index (χ3n) is 4.81. The average Bonchev–Trinajstić information content (AvgIpc) is 2.76. The van der Waals surface area contributed by atoms with Gasteiger partial charge in [-0.15, -0.1) is 0 Å². The summed E-state index contributed by atoms with van der Waals surface area (Å²) in [4.78, 5) is 18.0. The van der Waals surface area contributed by atoms with Crippen LogP contribution >= 0.6 is 27.5 Å². The highest BCUT2D eigenvalue weighted by atomic mass is 79.9. The molecule has 0 bridgehead atoms. The summed E-state index contributed by atoms with van der Waals surface area (Å²) < 4.78 is 13.3. The zero-order chi connectivity index (χ0) is 22.5. The first-order valence-electron chi connectivity index (χ1n) is 9.77. The molecule has 0 amide bonds. The van der Waals surface area contributed by atoms with Crippen molar-refractivity contribution in [2.75, 3.05) is 13.7 Å². The number of hydrogen-bond acceptors (Lipinski definition) is 5. The molecule has 0 N–H and O–H groups in total. The number of fused-ring (bicyclic) bond motifs is 1. The van der Waals surface area contributed by atoms with Crippen molar-refractivity contribution in [3.8, 4) is 11.5 Å². The van der Waals surface area contributed by atoms with Crippen molar-refractivity contribution in [2.24, 2.45) is 5.10 Å². The summed E-state index contributed by atoms with van der Waals surface area (Å²) in [5.74, 6) is 1.54. The smallest absolute Gasteiger partial charge is 0.282 e. The van der Waals surface area contributed by atoms with Gasteiger partial charge in [-0.25, -0.2) is 4.98 Å². The van der Waals surface area contributed by atoms with Gasteiger partial charge in [-0.1, -0.05) is 54.0 Å². The average molecular weight is 505 g/mol. The largest absolute Gasteiger partial charge is 0.493 e. The number of hydrogen-bond donors (Lipinski definition) is 0. The van der Waals surface area contributed by atoms with E-state index in [-0.39, 0.29) is 18.1 Å². The maximum atomic E-state index is 13.3. The van der Waals surface area contributed by atoms with Gasteiger partial charge in [0.1, 0.15) is 12.4 Å². The van der Waals surface area contributed by atoms with Gasteiger partial charge in [0, 0.05) is 27.0 Å². The highest BCUT2D eigenvalue weighted by Crippen LogP contribution is 2.34. The summed E-state index contributed by atoms with van der Waals surface area (Å²) in [7, 11) is 1.53. The lowest BCUT2D eigenvalue weighted by Crippen LogP contribution is -2.23. The molecule has 0 fully saturated rings. The van der Waals surface area contributed by atoms with E-state index in [4.69, 9.17) is 26.1 Å². The van der Waals surface area contributed by atoms with Crippen LogP contribution in [0.4, 0.5) is 0 Å². The summed E-state index contributed by atoms with van der Waals surface area (Å²) in [6, 6.07) is 8.79. The van der Waals surface area contributed by atoms with E-state index in [9.17, 15) is 4.79 Å². The van der Waals surface area contributed by atoms with Crippen LogP contribution in [0.2, 0.25) is 5.02 Å². The molecule has 0 spiro atoms. The van der Waals surface area contributed by atoms with Crippen LogP contribution in [-0.2, 0) is 0 Å². The first-order chi connectivity index (χ1) is 14.9. The van der Waals surface area contributed by atoms with Gasteiger partial charge in [-0.3, -0.25) is 4.79 Å². The second kappa shape index (κ2) is 10.1. The SMILES string of the molecule is C=CCOc1c(C=Nn2c([C@@H](C)CC)nc3ccc(Br)cc3c2=O)cc(Cl)cc1OC. The molecule has 0 unspecified atom stereocenters. The van der Waals surface area contributed by atoms with E-state index < -0.39 is 0 Å². The van der Waals surface area contributed by atoms with Crippen molar-refractivity contribution < 1.29 is 9.47 Å². The van der Waals surface area contributed by atoms with Crippen molar-refractivity contribution in [2.45, 2.75) is 26.2 Å². The highest BCUT2D eigenvalue weighted by Gasteiger charge is 2.17. The molecule has 0 aliphatic rings. The Morgan fingerprint density at radius 1 is 1.35 bits per heavy atom. The summed E-state index contributed by atoms with van der Waals surface area (Å²) in [5.41, 5.74) is 0.956. The minimum Gasteiger partial charge on any atom is -0.493 e. The number of rotatable bonds is 8. The standard InChI is InChI=1S/C23H23BrClN3O3/c1-5-9-31-21-15(10-17(25)12-20(21)30-4)13-26-28-22(14(3)6-2)27-19-8-7-16(24)11-18(19)23(28)29/h5,7-8,10-14H,1,6,9H2,2-4H3/t14-/m0/s1. The van der Waals surface area contributed by atoms with Gasteiger partial charge < -0.3 is 9.47 Å². The summed E-state index contributed by atoms with van der Waals surface area (Å²) in [5, 5.41) is 5.43. The number of aromatic nitrogens is 2. The van der Waals surface area contributed by atoms with E-state index in [1.807, 2.05) is 26.0 Å². The number of methoxy groups -OCH3 is 1. The monoisotopic (exact) mass is 503 g/mol. The molecule has 1 aromatic heterocycles. The van der Waals surface area contributed by atoms with Gasteiger partial charge in [0.15, 0.2) is 11.5 Å². The Labute approximate surface area is 194 Å². The molecule has 3 aromatic rings. The second-order valence-corrected chi connectivity index (χ2v) is 8.28. The Kier molecular flexibility index (Phi) is 7.51. The third-order valence-corrected chi connectivity index (χ3v) is 5.52. The topological polar surface area (TPSA) is 65.7 Å². The van der Waals surface area contributed by atoms with Crippen LogP contribution in [0, 0.1) is 0 Å². The molecule has 0 saturated carbocycles. The molecule has 6 nitrogen and oxygen atoms in total. The predicted octanol–water partition coefficient (Wildman–Crippen LogP) is 5.78. The molecule has 1 atom stereocenters. The zero-order valence-electron chi connectivity index (χ0n) is 17.6. The van der Waals surface area contributed by atoms with Crippen LogP contribution in [-0.4, -0.2) is 29.6 Å². The van der Waals surface area contributed by atoms with E-state index in [1.54, 1.807) is 24.3 Å². The van der Waals surface area contributed by atoms with Gasteiger partial charge in [-0.05, 0) is 30.7 Å². The molecule has 0 aliphatic heterocycles. The van der Waals surface area contributed by atoms with Crippen molar-refractivity contribution in [1.82, 2.24) is 9.66 Å². The first-order valence-corrected chi connectivity index (χ1v) is 10.9. The fourth-order valence-electron chi connectivity index (χ4n) is 3.03. The fraction of sp³-hybridized carbons (Fsp3) is 0.261. The molecule has 2 aromatic carbocycles. The van der Waals surface area contributed by atoms with Crippen molar-refractivity contribution >= 4 is 44.6 Å². The van der Waals surface area contributed by atoms with Gasteiger partial charge in [0.2, 0.25) is 0 Å². The van der Waals surface area contributed by atoms with Crippen LogP contribution in [0.5, 0.6) is 11.5 Å². The molecule has 8 heteroatoms. The fourth-order valence-corrected chi connectivity index (χ4v) is 3.61.